The van der Waals surface area contributed by atoms with E-state index < -0.39 is 9.84 Å². The van der Waals surface area contributed by atoms with Gasteiger partial charge in [0, 0.05) is 8.95 Å². The Balaban J connectivity index is 1.90. The molecule has 0 atom stereocenters. The van der Waals surface area contributed by atoms with Crippen LogP contribution in [0.15, 0.2) is 57.5 Å². The standard InChI is InChI=1S/C16H16Br2O2S/c17-15-5-1-3-13(11-15)7-9-21(19,20)10-8-14-4-2-6-16(18)12-14/h1-6,11-12H,7-10H2. The Hall–Kier alpha value is -0.650. The van der Waals surface area contributed by atoms with Gasteiger partial charge in [-0.2, -0.15) is 0 Å². The first-order valence-corrected chi connectivity index (χ1v) is 10.0. The van der Waals surface area contributed by atoms with Crippen molar-refractivity contribution in [2.75, 3.05) is 11.5 Å². The third kappa shape index (κ3) is 5.93. The van der Waals surface area contributed by atoms with Crippen molar-refractivity contribution >= 4 is 41.7 Å². The van der Waals surface area contributed by atoms with E-state index in [9.17, 15) is 8.42 Å². The van der Waals surface area contributed by atoms with E-state index in [1.165, 1.54) is 0 Å². The maximum Gasteiger partial charge on any atom is 0.150 e. The molecule has 0 bridgehead atoms. The van der Waals surface area contributed by atoms with Crippen LogP contribution < -0.4 is 0 Å². The largest absolute Gasteiger partial charge is 0.229 e. The highest BCUT2D eigenvalue weighted by atomic mass is 79.9. The lowest BCUT2D eigenvalue weighted by molar-refractivity contribution is 0.594. The van der Waals surface area contributed by atoms with Gasteiger partial charge in [0.05, 0.1) is 11.5 Å². The molecule has 2 rings (SSSR count). The molecule has 0 spiro atoms. The molecule has 5 heteroatoms. The maximum absolute atomic E-state index is 12.1. The smallest absolute Gasteiger partial charge is 0.150 e. The first-order chi connectivity index (χ1) is 9.94. The van der Waals surface area contributed by atoms with Gasteiger partial charge in [-0.3, -0.25) is 0 Å². The van der Waals surface area contributed by atoms with E-state index in [4.69, 9.17) is 0 Å². The summed E-state index contributed by atoms with van der Waals surface area (Å²) >= 11 is 6.79. The zero-order valence-electron chi connectivity index (χ0n) is 11.4. The second kappa shape index (κ2) is 7.56. The molecule has 21 heavy (non-hydrogen) atoms. The highest BCUT2D eigenvalue weighted by Crippen LogP contribution is 2.14. The minimum atomic E-state index is -3.03. The number of aryl methyl sites for hydroxylation is 2. The summed E-state index contributed by atoms with van der Waals surface area (Å²) in [6.07, 6.45) is 1.11. The lowest BCUT2D eigenvalue weighted by atomic mass is 10.2. The quantitative estimate of drug-likeness (QED) is 0.678. The molecular formula is C16H16Br2O2S. The van der Waals surface area contributed by atoms with Gasteiger partial charge in [0.1, 0.15) is 0 Å². The third-order valence-corrected chi connectivity index (χ3v) is 5.82. The predicted molar refractivity (Wildman–Crippen MR) is 94.3 cm³/mol. The summed E-state index contributed by atoms with van der Waals surface area (Å²) in [6.45, 7) is 0. The zero-order valence-corrected chi connectivity index (χ0v) is 15.4. The number of hydrogen-bond donors (Lipinski definition) is 0. The lowest BCUT2D eigenvalue weighted by Gasteiger charge is -2.06. The Bertz CT molecular complexity index is 656. The Kier molecular flexibility index (Phi) is 6.02. The summed E-state index contributed by atoms with van der Waals surface area (Å²) in [7, 11) is -3.03. The average Bonchev–Trinajstić information content (AvgIpc) is 2.44. The fourth-order valence-corrected chi connectivity index (χ4v) is 4.22. The molecule has 2 aromatic rings. The van der Waals surface area contributed by atoms with Crippen molar-refractivity contribution in [2.45, 2.75) is 12.8 Å². The molecule has 0 aliphatic carbocycles. The van der Waals surface area contributed by atoms with Crippen LogP contribution in [-0.4, -0.2) is 19.9 Å². The SMILES string of the molecule is O=S(=O)(CCc1cccc(Br)c1)CCc1cccc(Br)c1. The van der Waals surface area contributed by atoms with E-state index in [0.29, 0.717) is 12.8 Å². The molecule has 0 saturated carbocycles. The second-order valence-electron chi connectivity index (χ2n) is 4.91. The van der Waals surface area contributed by atoms with E-state index in [-0.39, 0.29) is 11.5 Å². The monoisotopic (exact) mass is 430 g/mol. The minimum Gasteiger partial charge on any atom is -0.229 e. The third-order valence-electron chi connectivity index (χ3n) is 3.18. The van der Waals surface area contributed by atoms with Crippen LogP contribution in [0, 0.1) is 0 Å². The maximum atomic E-state index is 12.1. The second-order valence-corrected chi connectivity index (χ2v) is 9.05. The first-order valence-electron chi connectivity index (χ1n) is 6.64. The molecule has 0 saturated heterocycles. The summed E-state index contributed by atoms with van der Waals surface area (Å²) < 4.78 is 26.2. The van der Waals surface area contributed by atoms with Crippen LogP contribution in [0.25, 0.3) is 0 Å². The average molecular weight is 432 g/mol. The lowest BCUT2D eigenvalue weighted by Crippen LogP contribution is -2.14. The van der Waals surface area contributed by atoms with Gasteiger partial charge in [-0.15, -0.1) is 0 Å². The Morgan fingerprint density at radius 1 is 0.762 bits per heavy atom. The van der Waals surface area contributed by atoms with Crippen molar-refractivity contribution < 1.29 is 8.42 Å². The van der Waals surface area contributed by atoms with Crippen molar-refractivity contribution in [2.24, 2.45) is 0 Å². The number of rotatable bonds is 6. The summed E-state index contributed by atoms with van der Waals surface area (Å²) in [5.41, 5.74) is 2.07. The van der Waals surface area contributed by atoms with Crippen molar-refractivity contribution in [3.05, 3.63) is 68.6 Å². The summed E-state index contributed by atoms with van der Waals surface area (Å²) in [4.78, 5) is 0. The van der Waals surface area contributed by atoms with Gasteiger partial charge in [0.15, 0.2) is 9.84 Å². The summed E-state index contributed by atoms with van der Waals surface area (Å²) in [5, 5.41) is 0. The van der Waals surface area contributed by atoms with E-state index in [1.54, 1.807) is 0 Å². The molecule has 2 nitrogen and oxygen atoms in total. The minimum absolute atomic E-state index is 0.192. The van der Waals surface area contributed by atoms with E-state index in [0.717, 1.165) is 20.1 Å². The van der Waals surface area contributed by atoms with E-state index in [2.05, 4.69) is 31.9 Å². The number of halogens is 2. The van der Waals surface area contributed by atoms with Crippen LogP contribution >= 0.6 is 31.9 Å². The number of hydrogen-bond acceptors (Lipinski definition) is 2. The van der Waals surface area contributed by atoms with Crippen LogP contribution in [0.4, 0.5) is 0 Å². The summed E-state index contributed by atoms with van der Waals surface area (Å²) in [5.74, 6) is 0.384. The molecule has 112 valence electrons. The molecule has 0 aliphatic heterocycles. The van der Waals surface area contributed by atoms with Crippen molar-refractivity contribution in [1.29, 1.82) is 0 Å². The topological polar surface area (TPSA) is 34.1 Å². The van der Waals surface area contributed by atoms with Gasteiger partial charge in [-0.05, 0) is 48.2 Å². The Morgan fingerprint density at radius 3 is 1.57 bits per heavy atom. The van der Waals surface area contributed by atoms with Crippen LogP contribution in [0.3, 0.4) is 0 Å². The van der Waals surface area contributed by atoms with Crippen molar-refractivity contribution in [1.82, 2.24) is 0 Å². The van der Waals surface area contributed by atoms with Crippen LogP contribution in [-0.2, 0) is 22.7 Å². The molecule has 0 radical (unpaired) electrons. The molecule has 0 fully saturated rings. The van der Waals surface area contributed by atoms with Crippen LogP contribution in [0.2, 0.25) is 0 Å². The van der Waals surface area contributed by atoms with Gasteiger partial charge in [-0.25, -0.2) is 8.42 Å². The number of benzene rings is 2. The fraction of sp³-hybridized carbons (Fsp3) is 0.250. The van der Waals surface area contributed by atoms with Gasteiger partial charge in [0.25, 0.3) is 0 Å². The van der Waals surface area contributed by atoms with Gasteiger partial charge < -0.3 is 0 Å². The van der Waals surface area contributed by atoms with Gasteiger partial charge >= 0.3 is 0 Å². The Morgan fingerprint density at radius 2 is 1.19 bits per heavy atom. The summed E-state index contributed by atoms with van der Waals surface area (Å²) in [6, 6.07) is 15.6. The van der Waals surface area contributed by atoms with Crippen molar-refractivity contribution in [3.8, 4) is 0 Å². The predicted octanol–water partition coefficient (Wildman–Crippen LogP) is 4.41. The van der Waals surface area contributed by atoms with Gasteiger partial charge in [0.2, 0.25) is 0 Å². The molecule has 0 amide bonds. The van der Waals surface area contributed by atoms with E-state index in [1.807, 2.05) is 48.5 Å². The molecule has 0 unspecified atom stereocenters. The number of sulfone groups is 1. The highest BCUT2D eigenvalue weighted by molar-refractivity contribution is 9.10. The Labute approximate surface area is 142 Å². The molecule has 0 aromatic heterocycles. The molecular weight excluding hydrogens is 416 g/mol. The molecule has 2 aromatic carbocycles. The molecule has 0 N–H and O–H groups in total. The van der Waals surface area contributed by atoms with Crippen LogP contribution in [0.1, 0.15) is 11.1 Å². The van der Waals surface area contributed by atoms with Gasteiger partial charge in [-0.1, -0.05) is 56.1 Å². The normalized spacial score (nSPS) is 11.5. The van der Waals surface area contributed by atoms with Crippen LogP contribution in [0.5, 0.6) is 0 Å². The molecule has 0 heterocycles. The molecule has 0 aliphatic rings. The first kappa shape index (κ1) is 16.7. The fourth-order valence-electron chi connectivity index (χ4n) is 2.03. The highest BCUT2D eigenvalue weighted by Gasteiger charge is 2.11. The van der Waals surface area contributed by atoms with Crippen molar-refractivity contribution in [3.63, 3.8) is 0 Å². The van der Waals surface area contributed by atoms with E-state index >= 15 is 0 Å². The zero-order chi connectivity index (χ0) is 15.3.